The fraction of sp³-hybridized carbons (Fsp3) is 0.421. The molecule has 6 nitrogen and oxygen atoms in total. The highest BCUT2D eigenvalue weighted by Crippen LogP contribution is 2.47. The molecule has 2 aliphatic rings. The second-order valence-electron chi connectivity index (χ2n) is 7.07. The first-order valence-electron chi connectivity index (χ1n) is 8.87. The van der Waals surface area contributed by atoms with E-state index in [0.29, 0.717) is 37.5 Å². The molecule has 7 heteroatoms. The number of nitrogens with one attached hydrogen (secondary N) is 1. The highest BCUT2D eigenvalue weighted by molar-refractivity contribution is 6.30. The molecular weight excluding hydrogens is 352 g/mol. The van der Waals surface area contributed by atoms with E-state index >= 15 is 0 Å². The third-order valence-electron chi connectivity index (χ3n) is 5.70. The number of amides is 2. The Morgan fingerprint density at radius 2 is 2.00 bits per heavy atom. The van der Waals surface area contributed by atoms with Crippen LogP contribution in [0.1, 0.15) is 24.3 Å². The van der Waals surface area contributed by atoms with Gasteiger partial charge in [-0.05, 0) is 18.4 Å². The molecule has 2 fully saturated rings. The van der Waals surface area contributed by atoms with Crippen molar-refractivity contribution in [3.63, 3.8) is 0 Å². The van der Waals surface area contributed by atoms with Gasteiger partial charge in [0.25, 0.3) is 0 Å². The molecule has 2 aliphatic heterocycles. The van der Waals surface area contributed by atoms with Gasteiger partial charge in [0.15, 0.2) is 0 Å². The van der Waals surface area contributed by atoms with Gasteiger partial charge in [-0.1, -0.05) is 41.9 Å². The lowest BCUT2D eigenvalue weighted by atomic mass is 9.68. The lowest BCUT2D eigenvalue weighted by Gasteiger charge is -2.41. The SMILES string of the molecule is O=C(Cn1cc(Cl)cn1)N1CCC2(CC1)C(=O)NCC2c1ccccc1. The summed E-state index contributed by atoms with van der Waals surface area (Å²) in [5.41, 5.74) is 0.782. The molecule has 26 heavy (non-hydrogen) atoms. The second-order valence-corrected chi connectivity index (χ2v) is 7.50. The maximum atomic E-state index is 12.7. The van der Waals surface area contributed by atoms with E-state index in [1.807, 2.05) is 23.1 Å². The summed E-state index contributed by atoms with van der Waals surface area (Å²) >= 11 is 5.85. The van der Waals surface area contributed by atoms with Gasteiger partial charge in [0.05, 0.1) is 16.6 Å². The van der Waals surface area contributed by atoms with Gasteiger partial charge >= 0.3 is 0 Å². The summed E-state index contributed by atoms with van der Waals surface area (Å²) in [5, 5.41) is 7.62. The molecule has 4 rings (SSSR count). The van der Waals surface area contributed by atoms with Gasteiger partial charge in [0, 0.05) is 31.7 Å². The van der Waals surface area contributed by atoms with Crippen LogP contribution in [0.4, 0.5) is 0 Å². The minimum Gasteiger partial charge on any atom is -0.355 e. The van der Waals surface area contributed by atoms with Gasteiger partial charge in [0.1, 0.15) is 6.54 Å². The monoisotopic (exact) mass is 372 g/mol. The maximum Gasteiger partial charge on any atom is 0.244 e. The summed E-state index contributed by atoms with van der Waals surface area (Å²) in [6.45, 7) is 2.02. The third kappa shape index (κ3) is 2.98. The third-order valence-corrected chi connectivity index (χ3v) is 5.89. The highest BCUT2D eigenvalue weighted by Gasteiger charge is 2.52. The quantitative estimate of drug-likeness (QED) is 0.896. The van der Waals surface area contributed by atoms with Gasteiger partial charge in [-0.15, -0.1) is 0 Å². The van der Waals surface area contributed by atoms with Crippen molar-refractivity contribution in [2.24, 2.45) is 5.41 Å². The largest absolute Gasteiger partial charge is 0.355 e. The Balaban J connectivity index is 1.46. The number of hydrogen-bond acceptors (Lipinski definition) is 3. The van der Waals surface area contributed by atoms with Crippen LogP contribution < -0.4 is 5.32 Å². The molecule has 2 aromatic rings. The van der Waals surface area contributed by atoms with Crippen LogP contribution in [0, 0.1) is 5.41 Å². The van der Waals surface area contributed by atoms with Gasteiger partial charge in [-0.2, -0.15) is 5.10 Å². The van der Waals surface area contributed by atoms with Crippen LogP contribution in [-0.4, -0.2) is 46.1 Å². The van der Waals surface area contributed by atoms with Crippen molar-refractivity contribution in [3.8, 4) is 0 Å². The van der Waals surface area contributed by atoms with E-state index in [0.717, 1.165) is 0 Å². The minimum absolute atomic E-state index is 0.00860. The summed E-state index contributed by atoms with van der Waals surface area (Å²) in [6.07, 6.45) is 4.53. The zero-order valence-corrected chi connectivity index (χ0v) is 15.2. The Hall–Kier alpha value is -2.34. The number of benzene rings is 1. The molecule has 1 aromatic carbocycles. The number of nitrogens with zero attached hydrogens (tertiary/aromatic N) is 3. The smallest absolute Gasteiger partial charge is 0.244 e. The number of carbonyl (C=O) groups excluding carboxylic acids is 2. The van der Waals surface area contributed by atoms with Crippen LogP contribution in [0.25, 0.3) is 0 Å². The Morgan fingerprint density at radius 3 is 2.65 bits per heavy atom. The number of rotatable bonds is 3. The normalized spacial score (nSPS) is 21.8. The number of halogens is 1. The molecular formula is C19H21ClN4O2. The zero-order valence-electron chi connectivity index (χ0n) is 14.4. The Kier molecular flexibility index (Phi) is 4.44. The predicted octanol–water partition coefficient (Wildman–Crippen LogP) is 2.06. The van der Waals surface area contributed by atoms with E-state index < -0.39 is 5.41 Å². The molecule has 0 bridgehead atoms. The molecule has 136 valence electrons. The lowest BCUT2D eigenvalue weighted by molar-refractivity contribution is -0.139. The van der Waals surface area contributed by atoms with Gasteiger partial charge < -0.3 is 10.2 Å². The number of piperidine rings is 1. The van der Waals surface area contributed by atoms with E-state index in [1.165, 1.54) is 11.8 Å². The number of aromatic nitrogens is 2. The lowest BCUT2D eigenvalue weighted by Crippen LogP contribution is -2.48. The summed E-state index contributed by atoms with van der Waals surface area (Å²) in [6, 6.07) is 10.2. The van der Waals surface area contributed by atoms with Crippen molar-refractivity contribution >= 4 is 23.4 Å². The molecule has 1 spiro atoms. The summed E-state index contributed by atoms with van der Waals surface area (Å²) in [4.78, 5) is 27.0. The fourth-order valence-corrected chi connectivity index (χ4v) is 4.40. The topological polar surface area (TPSA) is 67.2 Å². The molecule has 1 unspecified atom stereocenters. The first-order valence-corrected chi connectivity index (χ1v) is 9.25. The standard InChI is InChI=1S/C19H21ClN4O2/c20-15-10-22-24(12-15)13-17(25)23-8-6-19(7-9-23)16(11-21-18(19)26)14-4-2-1-3-5-14/h1-5,10,12,16H,6-9,11,13H2,(H,21,26). The molecule has 3 heterocycles. The molecule has 2 amide bonds. The molecule has 1 atom stereocenters. The van der Waals surface area contributed by atoms with Crippen LogP contribution >= 0.6 is 11.6 Å². The van der Waals surface area contributed by atoms with E-state index in [9.17, 15) is 9.59 Å². The van der Waals surface area contributed by atoms with Crippen molar-refractivity contribution in [2.45, 2.75) is 25.3 Å². The second kappa shape index (κ2) is 6.76. The molecule has 0 radical (unpaired) electrons. The Bertz CT molecular complexity index is 812. The van der Waals surface area contributed by atoms with Gasteiger partial charge in [0.2, 0.25) is 11.8 Å². The van der Waals surface area contributed by atoms with Crippen molar-refractivity contribution in [1.29, 1.82) is 0 Å². The Labute approximate surface area is 157 Å². The van der Waals surface area contributed by atoms with E-state index in [1.54, 1.807) is 10.9 Å². The van der Waals surface area contributed by atoms with Crippen LogP contribution in [-0.2, 0) is 16.1 Å². The van der Waals surface area contributed by atoms with Crippen LogP contribution in [0.3, 0.4) is 0 Å². The van der Waals surface area contributed by atoms with E-state index in [-0.39, 0.29) is 24.3 Å². The van der Waals surface area contributed by atoms with Crippen molar-refractivity contribution in [2.75, 3.05) is 19.6 Å². The summed E-state index contributed by atoms with van der Waals surface area (Å²) in [5.74, 6) is 0.296. The number of carbonyl (C=O) groups is 2. The van der Waals surface area contributed by atoms with E-state index in [4.69, 9.17) is 11.6 Å². The predicted molar refractivity (Wildman–Crippen MR) is 97.7 cm³/mol. The maximum absolute atomic E-state index is 12.7. The van der Waals surface area contributed by atoms with Crippen molar-refractivity contribution in [1.82, 2.24) is 20.0 Å². The average Bonchev–Trinajstić information content (AvgIpc) is 3.20. The van der Waals surface area contributed by atoms with E-state index in [2.05, 4.69) is 22.5 Å². The van der Waals surface area contributed by atoms with Crippen LogP contribution in [0.5, 0.6) is 0 Å². The summed E-state index contributed by atoms with van der Waals surface area (Å²) < 4.78 is 1.55. The fourth-order valence-electron chi connectivity index (χ4n) is 4.24. The number of likely N-dealkylation sites (tertiary alicyclic amines) is 1. The highest BCUT2D eigenvalue weighted by atomic mass is 35.5. The molecule has 0 saturated carbocycles. The number of hydrogen-bond donors (Lipinski definition) is 1. The van der Waals surface area contributed by atoms with Gasteiger partial charge in [-0.3, -0.25) is 14.3 Å². The zero-order chi connectivity index (χ0) is 18.1. The van der Waals surface area contributed by atoms with Crippen LogP contribution in [0.15, 0.2) is 42.7 Å². The minimum atomic E-state index is -0.410. The molecule has 2 saturated heterocycles. The molecule has 1 aromatic heterocycles. The average molecular weight is 373 g/mol. The van der Waals surface area contributed by atoms with Gasteiger partial charge in [-0.25, -0.2) is 0 Å². The summed E-state index contributed by atoms with van der Waals surface area (Å²) in [7, 11) is 0. The Morgan fingerprint density at radius 1 is 1.27 bits per heavy atom. The molecule has 1 N–H and O–H groups in total. The molecule has 0 aliphatic carbocycles. The van der Waals surface area contributed by atoms with Crippen LogP contribution in [0.2, 0.25) is 5.02 Å². The first-order chi connectivity index (χ1) is 12.6. The van der Waals surface area contributed by atoms with Crippen molar-refractivity contribution < 1.29 is 9.59 Å². The van der Waals surface area contributed by atoms with Crippen molar-refractivity contribution in [3.05, 3.63) is 53.3 Å². The first kappa shape index (κ1) is 17.1.